The average Bonchev–Trinajstić information content (AvgIpc) is 1.83. The van der Waals surface area contributed by atoms with Crippen molar-refractivity contribution in [3.63, 3.8) is 0 Å². The number of rotatable bonds is 2. The molecule has 0 aromatic carbocycles. The van der Waals surface area contributed by atoms with E-state index >= 15 is 0 Å². The number of halogens is 1. The Bertz CT molecular complexity index is 95.9. The fourth-order valence-electron chi connectivity index (χ4n) is 0.973. The Hall–Kier alpha value is 0.690. The lowest BCUT2D eigenvalue weighted by molar-refractivity contribution is 0.340. The highest BCUT2D eigenvalue weighted by molar-refractivity contribution is 14.1. The summed E-state index contributed by atoms with van der Waals surface area (Å²) in [5.74, 6) is 0.626. The molecule has 0 aromatic rings. The Morgan fingerprint density at radius 1 is 1.40 bits per heavy atom. The van der Waals surface area contributed by atoms with E-state index in [1.807, 2.05) is 0 Å². The average molecular weight is 255 g/mol. The first-order chi connectivity index (χ1) is 4.39. The van der Waals surface area contributed by atoms with E-state index in [4.69, 9.17) is 5.73 Å². The Morgan fingerprint density at radius 2 is 1.80 bits per heavy atom. The maximum absolute atomic E-state index is 5.56. The molecule has 0 amide bonds. The van der Waals surface area contributed by atoms with Gasteiger partial charge in [0.1, 0.15) is 0 Å². The molecule has 0 saturated carbocycles. The number of hydrogen-bond donors (Lipinski definition) is 1. The van der Waals surface area contributed by atoms with Crippen LogP contribution in [0.4, 0.5) is 0 Å². The second-order valence-corrected chi connectivity index (χ2v) is 5.32. The van der Waals surface area contributed by atoms with E-state index in [1.54, 1.807) is 0 Å². The first-order valence-electron chi connectivity index (χ1n) is 3.73. The summed E-state index contributed by atoms with van der Waals surface area (Å²) >= 11 is 2.49. The summed E-state index contributed by atoms with van der Waals surface area (Å²) in [5.41, 5.74) is 5.95. The van der Waals surface area contributed by atoms with E-state index in [-0.39, 0.29) is 0 Å². The van der Waals surface area contributed by atoms with Crippen LogP contribution >= 0.6 is 22.6 Å². The van der Waals surface area contributed by atoms with Gasteiger partial charge in [0.25, 0.3) is 0 Å². The van der Waals surface area contributed by atoms with Crippen molar-refractivity contribution in [2.24, 2.45) is 17.1 Å². The van der Waals surface area contributed by atoms with Gasteiger partial charge in [-0.2, -0.15) is 0 Å². The van der Waals surface area contributed by atoms with Crippen LogP contribution in [0.3, 0.4) is 0 Å². The summed E-state index contributed by atoms with van der Waals surface area (Å²) < 4.78 is 0.676. The lowest BCUT2D eigenvalue weighted by Gasteiger charge is -2.29. The van der Waals surface area contributed by atoms with Crippen LogP contribution in [0.25, 0.3) is 0 Å². The van der Waals surface area contributed by atoms with Crippen molar-refractivity contribution in [1.82, 2.24) is 0 Å². The molecule has 0 saturated heterocycles. The first-order valence-corrected chi connectivity index (χ1v) is 4.98. The largest absolute Gasteiger partial charge is 0.330 e. The highest BCUT2D eigenvalue weighted by atomic mass is 127. The van der Waals surface area contributed by atoms with Crippen molar-refractivity contribution < 1.29 is 0 Å². The molecular weight excluding hydrogens is 237 g/mol. The van der Waals surface area contributed by atoms with E-state index in [0.29, 0.717) is 15.3 Å². The highest BCUT2D eigenvalue weighted by Crippen LogP contribution is 2.31. The molecule has 0 fully saturated rings. The van der Waals surface area contributed by atoms with Crippen LogP contribution in [0.1, 0.15) is 27.7 Å². The molecule has 2 N–H and O–H groups in total. The standard InChI is InChI=1S/C8H18IN/c1-6(5-10)7(9)8(2,3)4/h6-7H,5,10H2,1-4H3. The zero-order valence-corrected chi connectivity index (χ0v) is 9.47. The van der Waals surface area contributed by atoms with Gasteiger partial charge in [-0.15, -0.1) is 0 Å². The molecule has 62 valence electrons. The van der Waals surface area contributed by atoms with Crippen LogP contribution in [0.15, 0.2) is 0 Å². The molecule has 0 heterocycles. The Morgan fingerprint density at radius 3 is 1.90 bits per heavy atom. The fraction of sp³-hybridized carbons (Fsp3) is 1.00. The molecule has 0 radical (unpaired) electrons. The summed E-state index contributed by atoms with van der Waals surface area (Å²) in [6.45, 7) is 9.79. The number of alkyl halides is 1. The lowest BCUT2D eigenvalue weighted by Crippen LogP contribution is -2.31. The lowest BCUT2D eigenvalue weighted by atomic mass is 9.85. The Kier molecular flexibility index (Phi) is 4.17. The molecule has 0 aliphatic rings. The van der Waals surface area contributed by atoms with Gasteiger partial charge in [0.2, 0.25) is 0 Å². The normalized spacial score (nSPS) is 18.6. The molecule has 2 atom stereocenters. The second-order valence-electron chi connectivity index (χ2n) is 3.98. The van der Waals surface area contributed by atoms with Crippen LogP contribution in [-0.4, -0.2) is 10.5 Å². The zero-order valence-electron chi connectivity index (χ0n) is 7.32. The zero-order chi connectivity index (χ0) is 8.36. The van der Waals surface area contributed by atoms with E-state index in [1.165, 1.54) is 0 Å². The van der Waals surface area contributed by atoms with Crippen molar-refractivity contribution >= 4 is 22.6 Å². The smallest absolute Gasteiger partial charge is 0.0196 e. The molecular formula is C8H18IN. The predicted octanol–water partition coefficient (Wildman–Crippen LogP) is 2.43. The van der Waals surface area contributed by atoms with Crippen molar-refractivity contribution in [2.75, 3.05) is 6.54 Å². The molecule has 1 nitrogen and oxygen atoms in total. The molecule has 0 aliphatic carbocycles. The molecule has 0 aromatic heterocycles. The quantitative estimate of drug-likeness (QED) is 0.595. The predicted molar refractivity (Wildman–Crippen MR) is 55.5 cm³/mol. The van der Waals surface area contributed by atoms with Gasteiger partial charge in [-0.25, -0.2) is 0 Å². The Balaban J connectivity index is 3.94. The molecule has 0 bridgehead atoms. The van der Waals surface area contributed by atoms with Gasteiger partial charge in [0, 0.05) is 3.92 Å². The maximum Gasteiger partial charge on any atom is 0.0196 e. The summed E-state index contributed by atoms with van der Waals surface area (Å²) in [6.07, 6.45) is 0. The van der Waals surface area contributed by atoms with Crippen molar-refractivity contribution in [3.8, 4) is 0 Å². The summed E-state index contributed by atoms with van der Waals surface area (Å²) in [7, 11) is 0. The SMILES string of the molecule is CC(CN)C(I)C(C)(C)C. The van der Waals surface area contributed by atoms with Crippen molar-refractivity contribution in [3.05, 3.63) is 0 Å². The monoisotopic (exact) mass is 255 g/mol. The van der Waals surface area contributed by atoms with Gasteiger partial charge >= 0.3 is 0 Å². The van der Waals surface area contributed by atoms with Crippen LogP contribution < -0.4 is 5.73 Å². The fourth-order valence-corrected chi connectivity index (χ4v) is 1.27. The van der Waals surface area contributed by atoms with Gasteiger partial charge in [-0.05, 0) is 17.9 Å². The first kappa shape index (κ1) is 10.7. The molecule has 0 spiro atoms. The van der Waals surface area contributed by atoms with E-state index < -0.39 is 0 Å². The third kappa shape index (κ3) is 3.19. The van der Waals surface area contributed by atoms with Crippen molar-refractivity contribution in [1.29, 1.82) is 0 Å². The van der Waals surface area contributed by atoms with Crippen LogP contribution in [0.5, 0.6) is 0 Å². The van der Waals surface area contributed by atoms with Gasteiger partial charge < -0.3 is 5.73 Å². The number of hydrogen-bond acceptors (Lipinski definition) is 1. The summed E-state index contributed by atoms with van der Waals surface area (Å²) in [5, 5.41) is 0. The summed E-state index contributed by atoms with van der Waals surface area (Å²) in [4.78, 5) is 0. The van der Waals surface area contributed by atoms with E-state index in [2.05, 4.69) is 50.3 Å². The minimum absolute atomic E-state index is 0.388. The topological polar surface area (TPSA) is 26.0 Å². The molecule has 0 aliphatic heterocycles. The minimum Gasteiger partial charge on any atom is -0.330 e. The van der Waals surface area contributed by atoms with Crippen molar-refractivity contribution in [2.45, 2.75) is 31.6 Å². The van der Waals surface area contributed by atoms with Gasteiger partial charge in [-0.3, -0.25) is 0 Å². The van der Waals surface area contributed by atoms with E-state index in [9.17, 15) is 0 Å². The number of nitrogens with two attached hydrogens (primary N) is 1. The third-order valence-corrected chi connectivity index (χ3v) is 4.79. The molecule has 10 heavy (non-hydrogen) atoms. The highest BCUT2D eigenvalue weighted by Gasteiger charge is 2.25. The van der Waals surface area contributed by atoms with Gasteiger partial charge in [0.15, 0.2) is 0 Å². The molecule has 2 heteroatoms. The van der Waals surface area contributed by atoms with Crippen LogP contribution in [-0.2, 0) is 0 Å². The van der Waals surface area contributed by atoms with Gasteiger partial charge in [0.05, 0.1) is 0 Å². The van der Waals surface area contributed by atoms with Crippen LogP contribution in [0, 0.1) is 11.3 Å². The Labute approximate surface area is 77.9 Å². The van der Waals surface area contributed by atoms with Gasteiger partial charge in [-0.1, -0.05) is 50.3 Å². The minimum atomic E-state index is 0.388. The summed E-state index contributed by atoms with van der Waals surface area (Å²) in [6, 6.07) is 0. The van der Waals surface area contributed by atoms with E-state index in [0.717, 1.165) is 6.54 Å². The van der Waals surface area contributed by atoms with Crippen LogP contribution in [0.2, 0.25) is 0 Å². The molecule has 0 rings (SSSR count). The maximum atomic E-state index is 5.56. The third-order valence-electron chi connectivity index (χ3n) is 1.70. The molecule has 2 unspecified atom stereocenters. The second kappa shape index (κ2) is 3.90.